The number of hydrogen-bond acceptors (Lipinski definition) is 3. The smallest absolute Gasteiger partial charge is 0.330 e. The van der Waals surface area contributed by atoms with Crippen molar-refractivity contribution in [1.82, 2.24) is 4.65 Å². The van der Waals surface area contributed by atoms with Crippen LogP contribution in [0.2, 0.25) is 32.2 Å². The highest BCUT2D eigenvalue weighted by molar-refractivity contribution is 6.83. The van der Waals surface area contributed by atoms with Crippen LogP contribution in [-0.2, 0) is 9.53 Å². The molecule has 0 saturated heterocycles. The van der Waals surface area contributed by atoms with Gasteiger partial charge in [-0.2, -0.15) is 0 Å². The van der Waals surface area contributed by atoms with Crippen molar-refractivity contribution >= 4 is 23.2 Å². The van der Waals surface area contributed by atoms with Crippen molar-refractivity contribution in [3.8, 4) is 0 Å². The van der Waals surface area contributed by atoms with Gasteiger partial charge >= 0.3 is 5.97 Å². The van der Waals surface area contributed by atoms with E-state index in [-0.39, 0.29) is 5.97 Å². The molecule has 1 N–H and O–H groups in total. The summed E-state index contributed by atoms with van der Waals surface area (Å²) in [6, 6.07) is 1.16. The van der Waals surface area contributed by atoms with Crippen molar-refractivity contribution in [2.45, 2.75) is 38.7 Å². The fraction of sp³-hybridized carbons (Fsp3) is 0.700. The Hall–Kier alpha value is -0.396. The van der Waals surface area contributed by atoms with Crippen molar-refractivity contribution in [3.05, 3.63) is 12.7 Å². The van der Waals surface area contributed by atoms with Gasteiger partial charge in [-0.3, -0.25) is 0 Å². The average molecular weight is 245 g/mol. The van der Waals surface area contributed by atoms with E-state index in [9.17, 15) is 4.79 Å². The normalized spacial score (nSPS) is 11.5. The third-order valence-corrected chi connectivity index (χ3v) is 9.08. The average Bonchev–Trinajstić information content (AvgIpc) is 2.10. The minimum atomic E-state index is -1.25. The van der Waals surface area contributed by atoms with Gasteiger partial charge in [0.1, 0.15) is 8.24 Å². The summed E-state index contributed by atoms with van der Waals surface area (Å²) in [6.07, 6.45) is 2.16. The van der Waals surface area contributed by atoms with Gasteiger partial charge in [-0.1, -0.05) is 32.8 Å². The minimum absolute atomic E-state index is 0.319. The maximum absolute atomic E-state index is 10.8. The maximum Gasteiger partial charge on any atom is 0.330 e. The second-order valence-electron chi connectivity index (χ2n) is 4.66. The van der Waals surface area contributed by atoms with E-state index in [1.807, 2.05) is 0 Å². The number of rotatable bonds is 7. The van der Waals surface area contributed by atoms with Crippen LogP contribution in [0.1, 0.15) is 6.42 Å². The molecule has 0 aromatic rings. The minimum Gasteiger partial charge on any atom is -0.463 e. The Balaban J connectivity index is 3.65. The fourth-order valence-corrected chi connectivity index (χ4v) is 9.46. The van der Waals surface area contributed by atoms with Crippen LogP contribution in [0.25, 0.3) is 0 Å². The molecule has 0 fully saturated rings. The molecule has 3 nitrogen and oxygen atoms in total. The number of esters is 1. The van der Waals surface area contributed by atoms with Gasteiger partial charge < -0.3 is 9.38 Å². The van der Waals surface area contributed by atoms with Gasteiger partial charge in [-0.05, 0) is 12.5 Å². The van der Waals surface area contributed by atoms with E-state index in [1.165, 1.54) is 6.08 Å². The third-order valence-electron chi connectivity index (χ3n) is 2.04. The lowest BCUT2D eigenvalue weighted by Gasteiger charge is -2.26. The lowest BCUT2D eigenvalue weighted by molar-refractivity contribution is -0.137. The largest absolute Gasteiger partial charge is 0.463 e. The standard InChI is InChI=1S/C10H23NO2Si2/c1-6-10(12)13-8-7-9-15(4,5)11-14(2)3/h6,11,14H,1,7-9H2,2-5H3. The SMILES string of the molecule is C=CC(=O)OCCC[Si](C)(C)N[SiH](C)C. The van der Waals surface area contributed by atoms with Crippen molar-refractivity contribution in [3.63, 3.8) is 0 Å². The molecule has 0 aliphatic heterocycles. The molecule has 0 amide bonds. The summed E-state index contributed by atoms with van der Waals surface area (Å²) in [5.41, 5.74) is 0. The molecule has 0 bridgehead atoms. The molecular formula is C10H23NO2Si2. The van der Waals surface area contributed by atoms with Gasteiger partial charge in [-0.25, -0.2) is 4.79 Å². The second kappa shape index (κ2) is 6.97. The van der Waals surface area contributed by atoms with Crippen molar-refractivity contribution < 1.29 is 9.53 Å². The molecule has 15 heavy (non-hydrogen) atoms. The number of nitrogens with one attached hydrogen (secondary N) is 1. The first-order valence-electron chi connectivity index (χ1n) is 5.44. The van der Waals surface area contributed by atoms with Crippen LogP contribution in [0.3, 0.4) is 0 Å². The quantitative estimate of drug-likeness (QED) is 0.322. The van der Waals surface area contributed by atoms with E-state index in [0.29, 0.717) is 6.61 Å². The van der Waals surface area contributed by atoms with Crippen LogP contribution in [0, 0.1) is 0 Å². The summed E-state index contributed by atoms with van der Waals surface area (Å²) in [7, 11) is -1.94. The zero-order chi connectivity index (χ0) is 11.9. The molecule has 0 aromatic carbocycles. The lowest BCUT2D eigenvalue weighted by Crippen LogP contribution is -2.50. The Kier molecular flexibility index (Phi) is 6.79. The molecule has 0 heterocycles. The van der Waals surface area contributed by atoms with Gasteiger partial charge in [0.05, 0.1) is 15.6 Å². The van der Waals surface area contributed by atoms with Crippen molar-refractivity contribution in [2.24, 2.45) is 0 Å². The van der Waals surface area contributed by atoms with E-state index in [2.05, 4.69) is 37.4 Å². The lowest BCUT2D eigenvalue weighted by atomic mass is 10.5. The third kappa shape index (κ3) is 8.59. The summed E-state index contributed by atoms with van der Waals surface area (Å²) in [6.45, 7) is 13.1. The Labute approximate surface area is 95.7 Å². The summed E-state index contributed by atoms with van der Waals surface area (Å²) >= 11 is 0. The highest BCUT2D eigenvalue weighted by Crippen LogP contribution is 2.09. The number of ether oxygens (including phenoxy) is 1. The Bertz CT molecular complexity index is 217. The number of carbonyl (C=O) groups excluding carboxylic acids is 1. The first-order chi connectivity index (χ1) is 6.87. The highest BCUT2D eigenvalue weighted by atomic mass is 28.4. The predicted octanol–water partition coefficient (Wildman–Crippen LogP) is 1.88. The second-order valence-corrected chi connectivity index (χ2v) is 12.4. The first kappa shape index (κ1) is 14.6. The van der Waals surface area contributed by atoms with Gasteiger partial charge in [-0.15, -0.1) is 0 Å². The number of hydrogen-bond donors (Lipinski definition) is 1. The predicted molar refractivity (Wildman–Crippen MR) is 70.1 cm³/mol. The van der Waals surface area contributed by atoms with E-state index in [1.54, 1.807) is 0 Å². The molecule has 88 valence electrons. The van der Waals surface area contributed by atoms with Gasteiger partial charge in [0.15, 0.2) is 0 Å². The van der Waals surface area contributed by atoms with E-state index < -0.39 is 17.2 Å². The topological polar surface area (TPSA) is 38.3 Å². The molecule has 0 spiro atoms. The molecule has 0 saturated carbocycles. The molecule has 0 unspecified atom stereocenters. The van der Waals surface area contributed by atoms with Crippen LogP contribution in [0.4, 0.5) is 0 Å². The van der Waals surface area contributed by atoms with E-state index in [0.717, 1.165) is 12.5 Å². The summed E-state index contributed by atoms with van der Waals surface area (Å²) in [5, 5.41) is 0. The number of carbonyl (C=O) groups is 1. The van der Waals surface area contributed by atoms with Crippen LogP contribution in [0.15, 0.2) is 12.7 Å². The Morgan fingerprint density at radius 1 is 1.53 bits per heavy atom. The van der Waals surface area contributed by atoms with Gasteiger partial charge in [0, 0.05) is 6.08 Å². The fourth-order valence-electron chi connectivity index (χ4n) is 1.60. The van der Waals surface area contributed by atoms with Crippen LogP contribution >= 0.6 is 0 Å². The summed E-state index contributed by atoms with van der Waals surface area (Å²) in [5.74, 6) is -0.319. The molecule has 5 heteroatoms. The van der Waals surface area contributed by atoms with Crippen LogP contribution < -0.4 is 4.65 Å². The maximum atomic E-state index is 10.8. The molecule has 0 rings (SSSR count). The molecule has 0 radical (unpaired) electrons. The Morgan fingerprint density at radius 2 is 2.13 bits per heavy atom. The molecular weight excluding hydrogens is 222 g/mol. The van der Waals surface area contributed by atoms with Crippen LogP contribution in [-0.4, -0.2) is 29.8 Å². The monoisotopic (exact) mass is 245 g/mol. The van der Waals surface area contributed by atoms with E-state index in [4.69, 9.17) is 4.74 Å². The van der Waals surface area contributed by atoms with Crippen molar-refractivity contribution in [1.29, 1.82) is 0 Å². The highest BCUT2D eigenvalue weighted by Gasteiger charge is 2.20. The summed E-state index contributed by atoms with van der Waals surface area (Å²) in [4.78, 5) is 10.8. The molecule has 0 aliphatic rings. The zero-order valence-electron chi connectivity index (χ0n) is 10.3. The summed E-state index contributed by atoms with van der Waals surface area (Å²) < 4.78 is 8.68. The van der Waals surface area contributed by atoms with Crippen molar-refractivity contribution in [2.75, 3.05) is 6.61 Å². The molecule has 0 atom stereocenters. The first-order valence-corrected chi connectivity index (χ1v) is 11.5. The molecule has 0 aliphatic carbocycles. The van der Waals surface area contributed by atoms with Crippen LogP contribution in [0.5, 0.6) is 0 Å². The van der Waals surface area contributed by atoms with Gasteiger partial charge in [0.25, 0.3) is 0 Å². The Morgan fingerprint density at radius 3 is 2.60 bits per heavy atom. The molecule has 0 aromatic heterocycles. The van der Waals surface area contributed by atoms with Gasteiger partial charge in [0.2, 0.25) is 0 Å². The van der Waals surface area contributed by atoms with E-state index >= 15 is 0 Å². The zero-order valence-corrected chi connectivity index (χ0v) is 12.5.